The molecule has 3 nitrogen and oxygen atoms in total. The number of anilines is 1. The molecule has 0 spiro atoms. The van der Waals surface area contributed by atoms with E-state index in [1.807, 2.05) is 6.92 Å². The molecule has 1 unspecified atom stereocenters. The summed E-state index contributed by atoms with van der Waals surface area (Å²) in [5, 5.41) is 3.68. The van der Waals surface area contributed by atoms with Gasteiger partial charge in [0.1, 0.15) is 5.82 Å². The summed E-state index contributed by atoms with van der Waals surface area (Å²) in [6.45, 7) is 2.56. The molecule has 1 aromatic rings. The first-order chi connectivity index (χ1) is 7.13. The second-order valence-corrected chi connectivity index (χ2v) is 6.00. The largest absolute Gasteiger partial charge is 0.368 e. The Morgan fingerprint density at radius 3 is 3.00 bits per heavy atom. The third kappa shape index (κ3) is 4.49. The molecule has 1 heterocycles. The van der Waals surface area contributed by atoms with Crippen LogP contribution in [0.3, 0.4) is 0 Å². The highest BCUT2D eigenvalue weighted by Gasteiger charge is 2.02. The van der Waals surface area contributed by atoms with Crippen molar-refractivity contribution in [2.24, 2.45) is 0 Å². The summed E-state index contributed by atoms with van der Waals surface area (Å²) < 4.78 is 12.0. The van der Waals surface area contributed by atoms with E-state index in [4.69, 9.17) is 11.6 Å². The SMILES string of the molecule is CCS(=O)CCNc1ncc(Cl)cc1Br. The summed E-state index contributed by atoms with van der Waals surface area (Å²) in [6, 6.07) is 1.77. The van der Waals surface area contributed by atoms with E-state index in [1.165, 1.54) is 0 Å². The zero-order valence-corrected chi connectivity index (χ0v) is 11.5. The van der Waals surface area contributed by atoms with Crippen molar-refractivity contribution in [3.05, 3.63) is 21.8 Å². The molecular formula is C9H12BrClN2OS. The monoisotopic (exact) mass is 310 g/mol. The Kier molecular flexibility index (Phi) is 5.56. The molecule has 84 valence electrons. The molecule has 0 saturated carbocycles. The first-order valence-corrected chi connectivity index (χ1v) is 7.19. The van der Waals surface area contributed by atoms with Crippen LogP contribution >= 0.6 is 27.5 Å². The van der Waals surface area contributed by atoms with Crippen molar-refractivity contribution in [1.29, 1.82) is 0 Å². The van der Waals surface area contributed by atoms with Crippen LogP contribution in [-0.4, -0.2) is 27.2 Å². The van der Waals surface area contributed by atoms with Gasteiger partial charge in [0.15, 0.2) is 0 Å². The van der Waals surface area contributed by atoms with Crippen LogP contribution in [0.4, 0.5) is 5.82 Å². The van der Waals surface area contributed by atoms with Gasteiger partial charge in [0, 0.05) is 35.0 Å². The number of halogens is 2. The van der Waals surface area contributed by atoms with Crippen LogP contribution in [0.15, 0.2) is 16.7 Å². The number of rotatable bonds is 5. The second kappa shape index (κ2) is 6.45. The van der Waals surface area contributed by atoms with Gasteiger partial charge in [-0.1, -0.05) is 18.5 Å². The van der Waals surface area contributed by atoms with Crippen LogP contribution in [0.1, 0.15) is 6.92 Å². The Hall–Kier alpha value is -0.130. The number of nitrogens with one attached hydrogen (secondary N) is 1. The minimum Gasteiger partial charge on any atom is -0.368 e. The Labute approximate surface area is 105 Å². The molecule has 0 aromatic carbocycles. The molecule has 0 aliphatic rings. The minimum absolute atomic E-state index is 0.588. The number of hydrogen-bond acceptors (Lipinski definition) is 3. The highest BCUT2D eigenvalue weighted by molar-refractivity contribution is 9.10. The number of nitrogens with zero attached hydrogens (tertiary/aromatic N) is 1. The Morgan fingerprint density at radius 2 is 2.40 bits per heavy atom. The lowest BCUT2D eigenvalue weighted by atomic mass is 10.4. The Balaban J connectivity index is 2.47. The van der Waals surface area contributed by atoms with Gasteiger partial charge in [-0.05, 0) is 22.0 Å². The van der Waals surface area contributed by atoms with Gasteiger partial charge in [0.2, 0.25) is 0 Å². The maximum atomic E-state index is 11.2. The van der Waals surface area contributed by atoms with Crippen molar-refractivity contribution in [3.8, 4) is 0 Å². The Bertz CT molecular complexity index is 362. The van der Waals surface area contributed by atoms with E-state index in [0.29, 0.717) is 23.1 Å². The zero-order chi connectivity index (χ0) is 11.3. The van der Waals surface area contributed by atoms with Crippen LogP contribution in [0.5, 0.6) is 0 Å². The fourth-order valence-corrected chi connectivity index (χ4v) is 2.37. The lowest BCUT2D eigenvalue weighted by molar-refractivity contribution is 0.684. The van der Waals surface area contributed by atoms with E-state index in [1.54, 1.807) is 12.3 Å². The van der Waals surface area contributed by atoms with Crippen LogP contribution in [0.2, 0.25) is 5.02 Å². The molecule has 1 atom stereocenters. The van der Waals surface area contributed by atoms with E-state index in [0.717, 1.165) is 10.3 Å². The molecular weight excluding hydrogens is 300 g/mol. The summed E-state index contributed by atoms with van der Waals surface area (Å²) in [5.41, 5.74) is 0. The molecule has 15 heavy (non-hydrogen) atoms. The van der Waals surface area contributed by atoms with Crippen molar-refractivity contribution in [3.63, 3.8) is 0 Å². The van der Waals surface area contributed by atoms with Crippen molar-refractivity contribution in [1.82, 2.24) is 4.98 Å². The first kappa shape index (κ1) is 12.9. The van der Waals surface area contributed by atoms with Crippen LogP contribution in [0.25, 0.3) is 0 Å². The number of aromatic nitrogens is 1. The third-order valence-corrected chi connectivity index (χ3v) is 3.87. The molecule has 0 radical (unpaired) electrons. The van der Waals surface area contributed by atoms with Crippen molar-refractivity contribution in [2.75, 3.05) is 23.4 Å². The van der Waals surface area contributed by atoms with Crippen molar-refractivity contribution >= 4 is 44.1 Å². The third-order valence-electron chi connectivity index (χ3n) is 1.75. The lowest BCUT2D eigenvalue weighted by Crippen LogP contribution is -2.12. The quantitative estimate of drug-likeness (QED) is 0.909. The highest BCUT2D eigenvalue weighted by atomic mass is 79.9. The molecule has 1 N–H and O–H groups in total. The predicted octanol–water partition coefficient (Wildman–Crippen LogP) is 2.68. The average molecular weight is 312 g/mol. The molecule has 0 aliphatic carbocycles. The molecule has 0 aliphatic heterocycles. The smallest absolute Gasteiger partial charge is 0.140 e. The molecule has 0 saturated heterocycles. The summed E-state index contributed by atoms with van der Waals surface area (Å²) in [6.07, 6.45) is 1.57. The van der Waals surface area contributed by atoms with Gasteiger partial charge < -0.3 is 5.32 Å². The molecule has 1 rings (SSSR count). The van der Waals surface area contributed by atoms with E-state index in [-0.39, 0.29) is 0 Å². The van der Waals surface area contributed by atoms with Gasteiger partial charge in [0.25, 0.3) is 0 Å². The first-order valence-electron chi connectivity index (χ1n) is 4.53. The molecule has 0 amide bonds. The zero-order valence-electron chi connectivity index (χ0n) is 8.30. The van der Waals surface area contributed by atoms with E-state index in [9.17, 15) is 4.21 Å². The fraction of sp³-hybridized carbons (Fsp3) is 0.444. The summed E-state index contributed by atoms with van der Waals surface area (Å²) in [7, 11) is -0.743. The maximum Gasteiger partial charge on any atom is 0.140 e. The topological polar surface area (TPSA) is 42.0 Å². The van der Waals surface area contributed by atoms with Crippen molar-refractivity contribution < 1.29 is 4.21 Å². The normalized spacial score (nSPS) is 12.5. The lowest BCUT2D eigenvalue weighted by Gasteiger charge is -2.06. The van der Waals surface area contributed by atoms with Crippen LogP contribution in [0, 0.1) is 0 Å². The van der Waals surface area contributed by atoms with Gasteiger partial charge >= 0.3 is 0 Å². The van der Waals surface area contributed by atoms with Gasteiger partial charge in [-0.3, -0.25) is 4.21 Å². The number of hydrogen-bond donors (Lipinski definition) is 1. The van der Waals surface area contributed by atoms with Gasteiger partial charge in [-0.2, -0.15) is 0 Å². The van der Waals surface area contributed by atoms with Gasteiger partial charge in [-0.15, -0.1) is 0 Å². The summed E-state index contributed by atoms with van der Waals surface area (Å²) >= 11 is 9.10. The van der Waals surface area contributed by atoms with Gasteiger partial charge in [-0.25, -0.2) is 4.98 Å². The van der Waals surface area contributed by atoms with Crippen LogP contribution < -0.4 is 5.32 Å². The fourth-order valence-electron chi connectivity index (χ4n) is 0.972. The summed E-state index contributed by atoms with van der Waals surface area (Å²) in [4.78, 5) is 4.11. The predicted molar refractivity (Wildman–Crippen MR) is 69.0 cm³/mol. The second-order valence-electron chi connectivity index (χ2n) is 2.84. The molecule has 0 bridgehead atoms. The van der Waals surface area contributed by atoms with Crippen LogP contribution in [-0.2, 0) is 10.8 Å². The molecule has 1 aromatic heterocycles. The highest BCUT2D eigenvalue weighted by Crippen LogP contribution is 2.22. The van der Waals surface area contributed by atoms with E-state index >= 15 is 0 Å². The Morgan fingerprint density at radius 1 is 1.67 bits per heavy atom. The maximum absolute atomic E-state index is 11.2. The van der Waals surface area contributed by atoms with E-state index in [2.05, 4.69) is 26.2 Å². The number of pyridine rings is 1. The molecule has 0 fully saturated rings. The minimum atomic E-state index is -0.743. The van der Waals surface area contributed by atoms with Gasteiger partial charge in [0.05, 0.1) is 9.50 Å². The van der Waals surface area contributed by atoms with E-state index < -0.39 is 10.8 Å². The summed E-state index contributed by atoms with van der Waals surface area (Å²) in [5.74, 6) is 2.05. The average Bonchev–Trinajstić information content (AvgIpc) is 2.21. The van der Waals surface area contributed by atoms with Crippen molar-refractivity contribution in [2.45, 2.75) is 6.92 Å². The standard InChI is InChI=1S/C9H12BrClN2OS/c1-2-15(14)4-3-12-9-8(10)5-7(11)6-13-9/h5-6H,2-4H2,1H3,(H,12,13). The molecule has 6 heteroatoms.